The number of likely N-dealkylation sites (tertiary alicyclic amines) is 1. The van der Waals surface area contributed by atoms with Crippen molar-refractivity contribution in [3.05, 3.63) is 52.2 Å². The zero-order valence-corrected chi connectivity index (χ0v) is 15.8. The highest BCUT2D eigenvalue weighted by Gasteiger charge is 2.25. The summed E-state index contributed by atoms with van der Waals surface area (Å²) in [6, 6.07) is 9.04. The molecule has 1 aromatic carbocycles. The molecule has 0 saturated carbocycles. The number of amides is 2. The van der Waals surface area contributed by atoms with E-state index in [1.807, 2.05) is 29.5 Å². The van der Waals surface area contributed by atoms with E-state index in [2.05, 4.69) is 10.6 Å². The molecule has 2 N–H and O–H groups in total. The topological polar surface area (TPSA) is 61.4 Å². The molecule has 138 valence electrons. The minimum Gasteiger partial charge on any atom is -0.339 e. The Balaban J connectivity index is 1.66. The van der Waals surface area contributed by atoms with Gasteiger partial charge in [-0.3, -0.25) is 9.59 Å². The molecule has 1 fully saturated rings. The van der Waals surface area contributed by atoms with Gasteiger partial charge < -0.3 is 15.5 Å². The molecule has 0 aliphatic carbocycles. The number of hydrogen-bond donors (Lipinski definition) is 2. The summed E-state index contributed by atoms with van der Waals surface area (Å²) >= 11 is 1.48. The summed E-state index contributed by atoms with van der Waals surface area (Å²) in [5, 5.41) is 9.74. The smallest absolute Gasteiger partial charge is 0.256 e. The van der Waals surface area contributed by atoms with Crippen molar-refractivity contribution in [2.24, 2.45) is 5.92 Å². The number of para-hydroxylation sites is 1. The molecule has 2 amide bonds. The first-order valence-electron chi connectivity index (χ1n) is 9.05. The van der Waals surface area contributed by atoms with Gasteiger partial charge in [0.15, 0.2) is 0 Å². The molecule has 0 spiro atoms. The van der Waals surface area contributed by atoms with Crippen LogP contribution in [-0.2, 0) is 0 Å². The average Bonchev–Trinajstić information content (AvgIpc) is 3.22. The summed E-state index contributed by atoms with van der Waals surface area (Å²) in [4.78, 5) is 27.2. The van der Waals surface area contributed by atoms with E-state index in [-0.39, 0.29) is 11.8 Å². The summed E-state index contributed by atoms with van der Waals surface area (Å²) in [6.07, 6.45) is 3.24. The van der Waals surface area contributed by atoms with E-state index < -0.39 is 0 Å². The number of benzene rings is 1. The molecular weight excluding hydrogens is 346 g/mol. The molecule has 2 heterocycles. The van der Waals surface area contributed by atoms with Crippen LogP contribution < -0.4 is 10.6 Å². The molecule has 1 aliphatic heterocycles. The maximum absolute atomic E-state index is 13.0. The van der Waals surface area contributed by atoms with Crippen molar-refractivity contribution >= 4 is 28.8 Å². The monoisotopic (exact) mass is 371 g/mol. The van der Waals surface area contributed by atoms with Crippen molar-refractivity contribution < 1.29 is 9.59 Å². The Kier molecular flexibility index (Phi) is 6.41. The van der Waals surface area contributed by atoms with Crippen LogP contribution in [0, 0.1) is 5.92 Å². The normalized spacial score (nSPS) is 15.0. The number of carbonyl (C=O) groups is 2. The van der Waals surface area contributed by atoms with Gasteiger partial charge in [-0.1, -0.05) is 12.1 Å². The van der Waals surface area contributed by atoms with Gasteiger partial charge in [0, 0.05) is 18.5 Å². The van der Waals surface area contributed by atoms with Crippen molar-refractivity contribution in [1.82, 2.24) is 10.2 Å². The Bertz CT molecular complexity index is 737. The highest BCUT2D eigenvalue weighted by molar-refractivity contribution is 7.08. The largest absolute Gasteiger partial charge is 0.339 e. The molecule has 0 bridgehead atoms. The van der Waals surface area contributed by atoms with E-state index in [0.29, 0.717) is 22.7 Å². The van der Waals surface area contributed by atoms with E-state index in [1.165, 1.54) is 11.3 Å². The van der Waals surface area contributed by atoms with Crippen LogP contribution in [0.2, 0.25) is 0 Å². The lowest BCUT2D eigenvalue weighted by atomic mass is 9.93. The number of piperidine rings is 1. The number of thiophene rings is 1. The van der Waals surface area contributed by atoms with Gasteiger partial charge in [0.1, 0.15) is 0 Å². The molecule has 0 unspecified atom stereocenters. The second kappa shape index (κ2) is 8.96. The Hall–Kier alpha value is -2.18. The number of nitrogens with one attached hydrogen (secondary N) is 2. The quantitative estimate of drug-likeness (QED) is 0.817. The maximum atomic E-state index is 13.0. The standard InChI is InChI=1S/C20H25N3O2S/c1-21-10-6-15-7-11-23(12-8-15)20(25)17-4-2-3-5-18(17)22-19(24)16-9-13-26-14-16/h2-5,9,13-15,21H,6-8,10-12H2,1H3,(H,22,24). The van der Waals surface area contributed by atoms with E-state index in [4.69, 9.17) is 0 Å². The molecule has 1 aromatic heterocycles. The fourth-order valence-corrected chi connectivity index (χ4v) is 3.95. The molecule has 2 aromatic rings. The van der Waals surface area contributed by atoms with Crippen molar-refractivity contribution in [2.75, 3.05) is 32.0 Å². The molecule has 1 saturated heterocycles. The number of rotatable bonds is 6. The van der Waals surface area contributed by atoms with Crippen molar-refractivity contribution in [3.8, 4) is 0 Å². The molecule has 5 nitrogen and oxygen atoms in total. The average molecular weight is 372 g/mol. The fourth-order valence-electron chi connectivity index (χ4n) is 3.31. The predicted molar refractivity (Wildman–Crippen MR) is 106 cm³/mol. The SMILES string of the molecule is CNCCC1CCN(C(=O)c2ccccc2NC(=O)c2ccsc2)CC1. The van der Waals surface area contributed by atoms with Gasteiger partial charge in [-0.15, -0.1) is 0 Å². The minimum atomic E-state index is -0.183. The van der Waals surface area contributed by atoms with Crippen LogP contribution in [0.4, 0.5) is 5.69 Å². The third-order valence-corrected chi connectivity index (χ3v) is 5.58. The summed E-state index contributed by atoms with van der Waals surface area (Å²) in [5.74, 6) is 0.496. The van der Waals surface area contributed by atoms with Gasteiger partial charge in [0.05, 0.1) is 16.8 Å². The lowest BCUT2D eigenvalue weighted by Gasteiger charge is -2.32. The fraction of sp³-hybridized carbons (Fsp3) is 0.400. The number of nitrogens with zero attached hydrogens (tertiary/aromatic N) is 1. The highest BCUT2D eigenvalue weighted by atomic mass is 32.1. The first-order valence-corrected chi connectivity index (χ1v) is 9.99. The van der Waals surface area contributed by atoms with Gasteiger partial charge >= 0.3 is 0 Å². The first-order chi connectivity index (χ1) is 12.7. The molecular formula is C20H25N3O2S. The Morgan fingerprint density at radius 2 is 1.96 bits per heavy atom. The second-order valence-corrected chi connectivity index (χ2v) is 7.42. The summed E-state index contributed by atoms with van der Waals surface area (Å²) in [6.45, 7) is 2.58. The van der Waals surface area contributed by atoms with Gasteiger partial charge in [0.25, 0.3) is 11.8 Å². The molecule has 3 rings (SSSR count). The van der Waals surface area contributed by atoms with E-state index in [0.717, 1.165) is 38.9 Å². The predicted octanol–water partition coefficient (Wildman–Crippen LogP) is 3.46. The van der Waals surface area contributed by atoms with Gasteiger partial charge in [-0.05, 0) is 62.4 Å². The lowest BCUT2D eigenvalue weighted by Crippen LogP contribution is -2.39. The Labute approximate surface area is 158 Å². The summed E-state index contributed by atoms with van der Waals surface area (Å²) < 4.78 is 0. The van der Waals surface area contributed by atoms with Crippen molar-refractivity contribution in [1.29, 1.82) is 0 Å². The van der Waals surface area contributed by atoms with Crippen molar-refractivity contribution in [3.63, 3.8) is 0 Å². The van der Waals surface area contributed by atoms with Gasteiger partial charge in [-0.2, -0.15) is 11.3 Å². The molecule has 1 aliphatic rings. The Morgan fingerprint density at radius 3 is 2.65 bits per heavy atom. The van der Waals surface area contributed by atoms with Crippen LogP contribution in [-0.4, -0.2) is 43.4 Å². The summed E-state index contributed by atoms with van der Waals surface area (Å²) in [5.41, 5.74) is 1.75. The van der Waals surface area contributed by atoms with Crippen LogP contribution in [0.3, 0.4) is 0 Å². The zero-order valence-electron chi connectivity index (χ0n) is 15.0. The van der Waals surface area contributed by atoms with Crippen LogP contribution >= 0.6 is 11.3 Å². The van der Waals surface area contributed by atoms with Crippen LogP contribution in [0.1, 0.15) is 40.0 Å². The van der Waals surface area contributed by atoms with Gasteiger partial charge in [0.2, 0.25) is 0 Å². The molecule has 26 heavy (non-hydrogen) atoms. The first kappa shape index (κ1) is 18.6. The van der Waals surface area contributed by atoms with E-state index >= 15 is 0 Å². The number of hydrogen-bond acceptors (Lipinski definition) is 4. The molecule has 6 heteroatoms. The maximum Gasteiger partial charge on any atom is 0.256 e. The third-order valence-electron chi connectivity index (χ3n) is 4.89. The molecule has 0 atom stereocenters. The number of carbonyl (C=O) groups excluding carboxylic acids is 2. The van der Waals surface area contributed by atoms with Gasteiger partial charge in [-0.25, -0.2) is 0 Å². The Morgan fingerprint density at radius 1 is 1.19 bits per heavy atom. The number of anilines is 1. The van der Waals surface area contributed by atoms with Crippen LogP contribution in [0.5, 0.6) is 0 Å². The van der Waals surface area contributed by atoms with E-state index in [1.54, 1.807) is 23.6 Å². The van der Waals surface area contributed by atoms with Crippen LogP contribution in [0.15, 0.2) is 41.1 Å². The van der Waals surface area contributed by atoms with Crippen molar-refractivity contribution in [2.45, 2.75) is 19.3 Å². The second-order valence-electron chi connectivity index (χ2n) is 6.64. The molecule has 0 radical (unpaired) electrons. The van der Waals surface area contributed by atoms with Crippen LogP contribution in [0.25, 0.3) is 0 Å². The minimum absolute atomic E-state index is 0.00159. The third kappa shape index (κ3) is 4.51. The lowest BCUT2D eigenvalue weighted by molar-refractivity contribution is 0.0688. The zero-order chi connectivity index (χ0) is 18.4. The van der Waals surface area contributed by atoms with E-state index in [9.17, 15) is 9.59 Å². The highest BCUT2D eigenvalue weighted by Crippen LogP contribution is 2.24. The summed E-state index contributed by atoms with van der Waals surface area (Å²) in [7, 11) is 1.97.